The van der Waals surface area contributed by atoms with E-state index in [0.717, 1.165) is 17.7 Å². The highest BCUT2D eigenvalue weighted by Crippen LogP contribution is 2.27. The van der Waals surface area contributed by atoms with Crippen LogP contribution in [0.3, 0.4) is 0 Å². The van der Waals surface area contributed by atoms with Crippen molar-refractivity contribution in [3.63, 3.8) is 0 Å². The molecular formula is C15H21N3O3. The van der Waals surface area contributed by atoms with Gasteiger partial charge in [0.2, 0.25) is 5.91 Å². The molecule has 6 nitrogen and oxygen atoms in total. The van der Waals surface area contributed by atoms with Crippen molar-refractivity contribution in [3.8, 4) is 0 Å². The summed E-state index contributed by atoms with van der Waals surface area (Å²) in [7, 11) is 0. The Kier molecular flexibility index (Phi) is 4.16. The van der Waals surface area contributed by atoms with Gasteiger partial charge < -0.3 is 15.0 Å². The summed E-state index contributed by atoms with van der Waals surface area (Å²) in [6.07, 6.45) is 3.64. The SMILES string of the molecule is C[C@@H](NC(=O)OC(C)(C)C)C(=O)N1CCc2cnccc21. The molecule has 1 atom stereocenters. The van der Waals surface area contributed by atoms with E-state index in [9.17, 15) is 9.59 Å². The lowest BCUT2D eigenvalue weighted by molar-refractivity contribution is -0.120. The highest BCUT2D eigenvalue weighted by molar-refractivity contribution is 5.99. The summed E-state index contributed by atoms with van der Waals surface area (Å²) in [4.78, 5) is 29.9. The van der Waals surface area contributed by atoms with Gasteiger partial charge in [-0.2, -0.15) is 0 Å². The van der Waals surface area contributed by atoms with Gasteiger partial charge in [0.15, 0.2) is 0 Å². The fraction of sp³-hybridized carbons (Fsp3) is 0.533. The van der Waals surface area contributed by atoms with Crippen molar-refractivity contribution in [2.45, 2.75) is 45.8 Å². The predicted octanol–water partition coefficient (Wildman–Crippen LogP) is 1.88. The number of fused-ring (bicyclic) bond motifs is 1. The van der Waals surface area contributed by atoms with Gasteiger partial charge in [0, 0.05) is 18.9 Å². The highest BCUT2D eigenvalue weighted by atomic mass is 16.6. The minimum absolute atomic E-state index is 0.147. The summed E-state index contributed by atoms with van der Waals surface area (Å²) in [6.45, 7) is 7.61. The maximum atomic E-state index is 12.4. The first-order chi connectivity index (χ1) is 9.78. The minimum atomic E-state index is -0.640. The lowest BCUT2D eigenvalue weighted by Gasteiger charge is -2.24. The number of pyridine rings is 1. The third-order valence-electron chi connectivity index (χ3n) is 3.14. The van der Waals surface area contributed by atoms with Crippen LogP contribution in [0.1, 0.15) is 33.3 Å². The van der Waals surface area contributed by atoms with Crippen molar-refractivity contribution in [1.82, 2.24) is 10.3 Å². The minimum Gasteiger partial charge on any atom is -0.444 e. The molecule has 21 heavy (non-hydrogen) atoms. The van der Waals surface area contributed by atoms with Crippen LogP contribution in [-0.4, -0.2) is 35.2 Å². The van der Waals surface area contributed by atoms with Crippen molar-refractivity contribution in [2.75, 3.05) is 11.4 Å². The number of hydrogen-bond acceptors (Lipinski definition) is 4. The summed E-state index contributed by atoms with van der Waals surface area (Å²) >= 11 is 0. The van der Waals surface area contributed by atoms with Crippen LogP contribution in [0.4, 0.5) is 10.5 Å². The van der Waals surface area contributed by atoms with E-state index in [-0.39, 0.29) is 5.91 Å². The summed E-state index contributed by atoms with van der Waals surface area (Å²) in [5.41, 5.74) is 1.34. The van der Waals surface area contributed by atoms with Gasteiger partial charge in [-0.1, -0.05) is 0 Å². The van der Waals surface area contributed by atoms with Crippen LogP contribution in [0, 0.1) is 0 Å². The van der Waals surface area contributed by atoms with Crippen LogP contribution >= 0.6 is 0 Å². The number of anilines is 1. The quantitative estimate of drug-likeness (QED) is 0.903. The standard InChI is InChI=1S/C15H21N3O3/c1-10(17-14(20)21-15(2,3)4)13(19)18-8-6-11-9-16-7-5-12(11)18/h5,7,9-10H,6,8H2,1-4H3,(H,17,20)/t10-/m1/s1. The number of nitrogens with one attached hydrogen (secondary N) is 1. The van der Waals surface area contributed by atoms with Gasteiger partial charge in [-0.25, -0.2) is 4.79 Å². The Morgan fingerprint density at radius 1 is 1.43 bits per heavy atom. The summed E-state index contributed by atoms with van der Waals surface area (Å²) < 4.78 is 5.16. The molecule has 1 N–H and O–H groups in total. The number of rotatable bonds is 2. The predicted molar refractivity (Wildman–Crippen MR) is 79.1 cm³/mol. The molecule has 0 spiro atoms. The number of nitrogens with zero attached hydrogens (tertiary/aromatic N) is 2. The topological polar surface area (TPSA) is 71.5 Å². The number of hydrogen-bond donors (Lipinski definition) is 1. The summed E-state index contributed by atoms with van der Waals surface area (Å²) in [6, 6.07) is 1.18. The Labute approximate surface area is 124 Å². The Balaban J connectivity index is 1.99. The molecule has 1 aromatic heterocycles. The van der Waals surface area contributed by atoms with E-state index in [2.05, 4.69) is 10.3 Å². The zero-order chi connectivity index (χ0) is 15.6. The molecule has 0 unspecified atom stereocenters. The summed E-state index contributed by atoms with van der Waals surface area (Å²) in [5.74, 6) is -0.147. The molecule has 0 radical (unpaired) electrons. The van der Waals surface area contributed by atoms with E-state index < -0.39 is 17.7 Å². The number of carbonyl (C=O) groups is 2. The Morgan fingerprint density at radius 2 is 2.14 bits per heavy atom. The lowest BCUT2D eigenvalue weighted by atomic mass is 10.2. The Morgan fingerprint density at radius 3 is 2.81 bits per heavy atom. The van der Waals surface area contributed by atoms with E-state index in [1.807, 2.05) is 6.07 Å². The van der Waals surface area contributed by atoms with Gasteiger partial charge in [0.05, 0.1) is 5.69 Å². The summed E-state index contributed by atoms with van der Waals surface area (Å²) in [5, 5.41) is 2.58. The first kappa shape index (κ1) is 15.3. The number of amides is 2. The van der Waals surface area contributed by atoms with Gasteiger partial charge in [-0.3, -0.25) is 9.78 Å². The number of carbonyl (C=O) groups excluding carboxylic acids is 2. The Bertz CT molecular complexity index is 551. The van der Waals surface area contributed by atoms with Gasteiger partial charge in [-0.05, 0) is 45.7 Å². The molecule has 0 saturated carbocycles. The average Bonchev–Trinajstić information content (AvgIpc) is 2.79. The van der Waals surface area contributed by atoms with Gasteiger partial charge >= 0.3 is 6.09 Å². The fourth-order valence-electron chi connectivity index (χ4n) is 2.24. The average molecular weight is 291 g/mol. The largest absolute Gasteiger partial charge is 0.444 e. The van der Waals surface area contributed by atoms with Crippen molar-refractivity contribution in [1.29, 1.82) is 0 Å². The number of aromatic nitrogens is 1. The first-order valence-corrected chi connectivity index (χ1v) is 7.02. The monoisotopic (exact) mass is 291 g/mol. The van der Waals surface area contributed by atoms with E-state index in [1.54, 1.807) is 45.0 Å². The Hall–Kier alpha value is -2.11. The number of alkyl carbamates (subject to hydrolysis) is 1. The molecule has 0 saturated heterocycles. The maximum absolute atomic E-state index is 12.4. The van der Waals surface area contributed by atoms with Crippen molar-refractivity contribution < 1.29 is 14.3 Å². The lowest BCUT2D eigenvalue weighted by Crippen LogP contribution is -2.47. The first-order valence-electron chi connectivity index (χ1n) is 7.02. The molecule has 0 bridgehead atoms. The van der Waals surface area contributed by atoms with Gasteiger partial charge in [-0.15, -0.1) is 0 Å². The second-order valence-corrected chi connectivity index (χ2v) is 6.11. The second kappa shape index (κ2) is 5.71. The molecule has 1 aliphatic heterocycles. The molecule has 6 heteroatoms. The normalized spacial score (nSPS) is 15.3. The molecule has 2 amide bonds. The van der Waals surface area contributed by atoms with E-state index in [1.165, 1.54) is 0 Å². The zero-order valence-corrected chi connectivity index (χ0v) is 12.8. The molecule has 2 rings (SSSR count). The van der Waals surface area contributed by atoms with E-state index in [4.69, 9.17) is 4.74 Å². The maximum Gasteiger partial charge on any atom is 0.408 e. The third kappa shape index (κ3) is 3.71. The van der Waals surface area contributed by atoms with Gasteiger partial charge in [0.25, 0.3) is 0 Å². The molecule has 0 aromatic carbocycles. The highest BCUT2D eigenvalue weighted by Gasteiger charge is 2.29. The van der Waals surface area contributed by atoms with Crippen LogP contribution < -0.4 is 10.2 Å². The smallest absolute Gasteiger partial charge is 0.408 e. The van der Waals surface area contributed by atoms with Gasteiger partial charge in [0.1, 0.15) is 11.6 Å². The second-order valence-electron chi connectivity index (χ2n) is 6.11. The van der Waals surface area contributed by atoms with E-state index >= 15 is 0 Å². The molecule has 114 valence electrons. The van der Waals surface area contributed by atoms with Crippen LogP contribution in [0.15, 0.2) is 18.5 Å². The molecule has 1 aliphatic rings. The van der Waals surface area contributed by atoms with E-state index in [0.29, 0.717) is 6.54 Å². The number of ether oxygens (including phenoxy) is 1. The van der Waals surface area contributed by atoms with Crippen molar-refractivity contribution >= 4 is 17.7 Å². The molecule has 1 aromatic rings. The molecule has 2 heterocycles. The van der Waals surface area contributed by atoms with Crippen molar-refractivity contribution in [2.24, 2.45) is 0 Å². The third-order valence-corrected chi connectivity index (χ3v) is 3.14. The van der Waals surface area contributed by atoms with Crippen LogP contribution in [0.5, 0.6) is 0 Å². The van der Waals surface area contributed by atoms with Crippen molar-refractivity contribution in [3.05, 3.63) is 24.0 Å². The zero-order valence-electron chi connectivity index (χ0n) is 12.8. The molecule has 0 fully saturated rings. The molecule has 0 aliphatic carbocycles. The molecular weight excluding hydrogens is 270 g/mol. The fourth-order valence-corrected chi connectivity index (χ4v) is 2.24. The van der Waals surface area contributed by atoms with Crippen LogP contribution in [0.25, 0.3) is 0 Å². The van der Waals surface area contributed by atoms with Crippen LogP contribution in [-0.2, 0) is 16.0 Å². The van der Waals surface area contributed by atoms with Crippen LogP contribution in [0.2, 0.25) is 0 Å².